The Labute approximate surface area is 156 Å². The normalized spacial score (nSPS) is 25.8. The van der Waals surface area contributed by atoms with Crippen molar-refractivity contribution in [3.63, 3.8) is 0 Å². The number of fused-ring (bicyclic) bond motifs is 5. The zero-order valence-electron chi connectivity index (χ0n) is 15.6. The minimum atomic E-state index is -2.69. The number of piperazine rings is 1. The van der Waals surface area contributed by atoms with Gasteiger partial charge < -0.3 is 15.1 Å². The van der Waals surface area contributed by atoms with Crippen LogP contribution in [0.15, 0.2) is 16.7 Å². The fraction of sp³-hybridized carbons (Fsp3) is 0.375. The molecule has 2 aliphatic rings. The molecule has 0 radical (unpaired) electrons. The van der Waals surface area contributed by atoms with E-state index in [0.717, 1.165) is 4.90 Å². The van der Waals surface area contributed by atoms with Gasteiger partial charge in [0.25, 0.3) is 5.91 Å². The predicted molar refractivity (Wildman–Crippen MR) is 96.4 cm³/mol. The van der Waals surface area contributed by atoms with Crippen LogP contribution in [0.4, 0.5) is 15.8 Å². The summed E-state index contributed by atoms with van der Waals surface area (Å²) in [6.45, 7) is 0.0350. The van der Waals surface area contributed by atoms with E-state index in [-0.39, 0.29) is 26.7 Å². The summed E-state index contributed by atoms with van der Waals surface area (Å²) >= 11 is 9.26. The van der Waals surface area contributed by atoms with Gasteiger partial charge >= 0.3 is 0 Å². The van der Waals surface area contributed by atoms with Crippen molar-refractivity contribution in [3.05, 3.63) is 27.6 Å². The third kappa shape index (κ3) is 2.14. The Morgan fingerprint density at radius 1 is 1.58 bits per heavy atom. The standard InChI is InChI=1S/C16H15BrClFN4O/c1-7-6-23-11(5-20-7)16(24)22(2)10-4-21-14-8(15(10)23)3-9(18)12(17)13(14)19/h3-4,7,11,20H,5-6H2,1-2H3/t7-,11-/m1/s1/i2D3. The molecule has 0 bridgehead atoms. The van der Waals surface area contributed by atoms with Crippen LogP contribution in [0.2, 0.25) is 5.02 Å². The Morgan fingerprint density at radius 3 is 3.12 bits per heavy atom. The topological polar surface area (TPSA) is 48.5 Å². The molecule has 5 nitrogen and oxygen atoms in total. The fourth-order valence-corrected chi connectivity index (χ4v) is 3.82. The number of likely N-dealkylation sites (N-methyl/N-ethyl adjacent to an activating group) is 1. The van der Waals surface area contributed by atoms with Gasteiger partial charge in [-0.3, -0.25) is 9.78 Å². The number of carbonyl (C=O) groups is 1. The molecule has 1 saturated heterocycles. The van der Waals surface area contributed by atoms with Crippen molar-refractivity contribution in [2.24, 2.45) is 0 Å². The lowest BCUT2D eigenvalue weighted by Gasteiger charge is -2.46. The van der Waals surface area contributed by atoms with Crippen LogP contribution in [0.3, 0.4) is 0 Å². The number of nitrogens with one attached hydrogen (secondary N) is 1. The largest absolute Gasteiger partial charge is 0.355 e. The van der Waals surface area contributed by atoms with E-state index in [2.05, 4.69) is 26.2 Å². The number of hydrogen-bond acceptors (Lipinski definition) is 4. The number of nitrogens with zero attached hydrogens (tertiary/aromatic N) is 3. The monoisotopic (exact) mass is 415 g/mol. The lowest BCUT2D eigenvalue weighted by molar-refractivity contribution is -0.120. The molecule has 0 unspecified atom stereocenters. The fourth-order valence-electron chi connectivity index (χ4n) is 3.33. The van der Waals surface area contributed by atoms with Crippen LogP contribution in [0.1, 0.15) is 11.0 Å². The first-order valence-corrected chi connectivity index (χ1v) is 8.58. The van der Waals surface area contributed by atoms with E-state index in [0.29, 0.717) is 24.2 Å². The summed E-state index contributed by atoms with van der Waals surface area (Å²) in [5.41, 5.74) is 0.660. The van der Waals surface area contributed by atoms with Gasteiger partial charge in [-0.05, 0) is 28.9 Å². The predicted octanol–water partition coefficient (Wildman–Crippen LogP) is 2.93. The third-order valence-corrected chi connectivity index (χ3v) is 5.79. The van der Waals surface area contributed by atoms with Crippen LogP contribution < -0.4 is 15.1 Å². The molecule has 1 N–H and O–H groups in total. The van der Waals surface area contributed by atoms with Crippen LogP contribution >= 0.6 is 27.5 Å². The lowest BCUT2D eigenvalue weighted by Crippen LogP contribution is -2.63. The molecule has 4 rings (SSSR count). The molecular formula is C16H15BrClFN4O. The van der Waals surface area contributed by atoms with Crippen LogP contribution in [-0.4, -0.2) is 43.0 Å². The molecule has 8 heteroatoms. The first-order chi connectivity index (χ1) is 12.6. The molecule has 3 heterocycles. The average molecular weight is 417 g/mol. The Balaban J connectivity index is 2.07. The Kier molecular flexibility index (Phi) is 2.97. The number of aromatic nitrogens is 1. The minimum Gasteiger partial charge on any atom is -0.355 e. The van der Waals surface area contributed by atoms with Crippen molar-refractivity contribution in [2.75, 3.05) is 29.9 Å². The number of pyridine rings is 1. The van der Waals surface area contributed by atoms with Gasteiger partial charge in [-0.1, -0.05) is 11.6 Å². The number of rotatable bonds is 0. The highest BCUT2D eigenvalue weighted by molar-refractivity contribution is 9.10. The Hall–Kier alpha value is -1.44. The molecule has 1 aromatic carbocycles. The van der Waals surface area contributed by atoms with E-state index in [1.807, 2.05) is 11.8 Å². The van der Waals surface area contributed by atoms with Gasteiger partial charge in [-0.2, -0.15) is 0 Å². The molecule has 0 spiro atoms. The van der Waals surface area contributed by atoms with E-state index in [1.54, 1.807) is 6.07 Å². The second-order valence-corrected chi connectivity index (χ2v) is 7.23. The van der Waals surface area contributed by atoms with E-state index < -0.39 is 24.7 Å². The molecule has 2 aromatic rings. The van der Waals surface area contributed by atoms with Gasteiger partial charge in [0.2, 0.25) is 0 Å². The van der Waals surface area contributed by atoms with Gasteiger partial charge in [0.1, 0.15) is 11.6 Å². The van der Waals surface area contributed by atoms with Crippen LogP contribution in [-0.2, 0) is 4.79 Å². The minimum absolute atomic E-state index is 0.0646. The maximum Gasteiger partial charge on any atom is 0.250 e. The molecule has 1 fully saturated rings. The zero-order valence-corrected chi connectivity index (χ0v) is 14.9. The molecule has 2 aliphatic heterocycles. The molecular weight excluding hydrogens is 399 g/mol. The second-order valence-electron chi connectivity index (χ2n) is 6.03. The van der Waals surface area contributed by atoms with E-state index >= 15 is 0 Å². The summed E-state index contributed by atoms with van der Waals surface area (Å²) < 4.78 is 38.3. The molecule has 0 saturated carbocycles. The van der Waals surface area contributed by atoms with Gasteiger partial charge in [0, 0.05) is 35.6 Å². The first kappa shape index (κ1) is 12.9. The summed E-state index contributed by atoms with van der Waals surface area (Å²) in [5.74, 6) is -1.16. The number of hydrogen-bond donors (Lipinski definition) is 1. The van der Waals surface area contributed by atoms with E-state index in [1.165, 1.54) is 6.20 Å². The highest BCUT2D eigenvalue weighted by Crippen LogP contribution is 2.43. The van der Waals surface area contributed by atoms with Gasteiger partial charge in [-0.25, -0.2) is 4.39 Å². The maximum atomic E-state index is 14.7. The van der Waals surface area contributed by atoms with Crippen LogP contribution in [0.25, 0.3) is 10.9 Å². The Morgan fingerprint density at radius 2 is 2.38 bits per heavy atom. The van der Waals surface area contributed by atoms with Crippen LogP contribution in [0, 0.1) is 5.82 Å². The average Bonchev–Trinajstić information content (AvgIpc) is 2.58. The van der Waals surface area contributed by atoms with Gasteiger partial charge in [0.05, 0.1) is 27.1 Å². The smallest absolute Gasteiger partial charge is 0.250 e. The number of halogens is 3. The summed E-state index contributed by atoms with van der Waals surface area (Å²) in [5, 5.41) is 3.72. The quantitative estimate of drug-likeness (QED) is 0.671. The van der Waals surface area contributed by atoms with Crippen molar-refractivity contribution in [1.29, 1.82) is 0 Å². The van der Waals surface area contributed by atoms with Crippen molar-refractivity contribution in [3.8, 4) is 0 Å². The van der Waals surface area contributed by atoms with Crippen molar-refractivity contribution < 1.29 is 13.3 Å². The van der Waals surface area contributed by atoms with Crippen molar-refractivity contribution >= 4 is 55.7 Å². The second kappa shape index (κ2) is 5.54. The number of amides is 1. The highest BCUT2D eigenvalue weighted by atomic mass is 79.9. The number of carbonyl (C=O) groups excluding carboxylic acids is 1. The van der Waals surface area contributed by atoms with E-state index in [4.69, 9.17) is 15.7 Å². The number of anilines is 2. The molecule has 0 aliphatic carbocycles. The summed E-state index contributed by atoms with van der Waals surface area (Å²) in [4.78, 5) is 19.7. The summed E-state index contributed by atoms with van der Waals surface area (Å²) in [6, 6.07) is 0.915. The Bertz CT molecular complexity index is 973. The molecule has 1 amide bonds. The van der Waals surface area contributed by atoms with Gasteiger partial charge in [0.15, 0.2) is 5.82 Å². The summed E-state index contributed by atoms with van der Waals surface area (Å²) in [6.07, 6.45) is 1.24. The molecule has 1 aromatic heterocycles. The zero-order chi connectivity index (χ0) is 19.7. The SMILES string of the molecule is [2H]C([2H])([2H])N1C(=O)[C@H]2CN[C@H](C)CN2c2c1cnc1c(F)c(Br)c(Cl)cc21. The van der Waals surface area contributed by atoms with Gasteiger partial charge in [-0.15, -0.1) is 0 Å². The van der Waals surface area contributed by atoms with E-state index in [9.17, 15) is 9.18 Å². The van der Waals surface area contributed by atoms with Crippen molar-refractivity contribution in [2.45, 2.75) is 19.0 Å². The number of benzene rings is 1. The highest BCUT2D eigenvalue weighted by Gasteiger charge is 2.41. The lowest BCUT2D eigenvalue weighted by atomic mass is 10.00. The first-order valence-electron chi connectivity index (χ1n) is 8.91. The maximum absolute atomic E-state index is 14.7. The van der Waals surface area contributed by atoms with Crippen molar-refractivity contribution in [1.82, 2.24) is 10.3 Å². The molecule has 2 atom stereocenters. The molecule has 126 valence electrons. The molecule has 24 heavy (non-hydrogen) atoms. The van der Waals surface area contributed by atoms with Crippen LogP contribution in [0.5, 0.6) is 0 Å². The summed E-state index contributed by atoms with van der Waals surface area (Å²) in [7, 11) is 0. The third-order valence-electron chi connectivity index (χ3n) is 4.49.